The molecular weight excluding hydrogens is 366 g/mol. The Labute approximate surface area is 159 Å². The first-order chi connectivity index (χ1) is 13.6. The molecule has 1 amide bonds. The SMILES string of the molecule is COc1cccc(OCCNC(=O)c2ccc(-n3cncn3)c([N+](=O)[O-])c2)c1. The molecule has 0 aliphatic rings. The van der Waals surface area contributed by atoms with Crippen LogP contribution in [0, 0.1) is 10.1 Å². The predicted octanol–water partition coefficient (Wildman–Crippen LogP) is 1.99. The number of hydrogen-bond donors (Lipinski definition) is 1. The summed E-state index contributed by atoms with van der Waals surface area (Å²) < 4.78 is 11.9. The monoisotopic (exact) mass is 383 g/mol. The second kappa shape index (κ2) is 8.62. The third-order valence-corrected chi connectivity index (χ3v) is 3.80. The van der Waals surface area contributed by atoms with Crippen LogP contribution in [0.1, 0.15) is 10.4 Å². The number of rotatable bonds is 8. The molecule has 0 fully saturated rings. The van der Waals surface area contributed by atoms with Gasteiger partial charge in [-0.3, -0.25) is 14.9 Å². The molecule has 144 valence electrons. The van der Waals surface area contributed by atoms with Crippen molar-refractivity contribution >= 4 is 11.6 Å². The molecule has 2 aromatic carbocycles. The molecule has 0 aliphatic carbocycles. The summed E-state index contributed by atoms with van der Waals surface area (Å²) in [5.41, 5.74) is 0.142. The third kappa shape index (κ3) is 4.41. The molecule has 1 N–H and O–H groups in total. The lowest BCUT2D eigenvalue weighted by atomic mass is 10.1. The van der Waals surface area contributed by atoms with Crippen molar-refractivity contribution in [3.63, 3.8) is 0 Å². The van der Waals surface area contributed by atoms with Crippen LogP contribution in [0.15, 0.2) is 55.1 Å². The number of amides is 1. The summed E-state index contributed by atoms with van der Waals surface area (Å²) in [6.07, 6.45) is 2.62. The number of methoxy groups -OCH3 is 1. The molecule has 10 nitrogen and oxygen atoms in total. The first kappa shape index (κ1) is 18.8. The van der Waals surface area contributed by atoms with Crippen molar-refractivity contribution in [1.29, 1.82) is 0 Å². The fourth-order valence-electron chi connectivity index (χ4n) is 2.46. The highest BCUT2D eigenvalue weighted by Gasteiger charge is 2.19. The van der Waals surface area contributed by atoms with Crippen molar-refractivity contribution in [1.82, 2.24) is 20.1 Å². The van der Waals surface area contributed by atoms with Gasteiger partial charge >= 0.3 is 0 Å². The number of carbonyl (C=O) groups excluding carboxylic acids is 1. The van der Waals surface area contributed by atoms with Gasteiger partial charge in [-0.15, -0.1) is 0 Å². The summed E-state index contributed by atoms with van der Waals surface area (Å²) in [5, 5.41) is 17.9. The Morgan fingerprint density at radius 3 is 2.79 bits per heavy atom. The van der Waals surface area contributed by atoms with Gasteiger partial charge in [0.2, 0.25) is 0 Å². The molecule has 0 radical (unpaired) electrons. The van der Waals surface area contributed by atoms with Gasteiger partial charge in [0.1, 0.15) is 36.4 Å². The topological polar surface area (TPSA) is 121 Å². The Balaban J connectivity index is 1.61. The minimum absolute atomic E-state index is 0.164. The zero-order chi connectivity index (χ0) is 19.9. The van der Waals surface area contributed by atoms with E-state index in [0.29, 0.717) is 11.5 Å². The maximum atomic E-state index is 12.3. The minimum Gasteiger partial charge on any atom is -0.497 e. The van der Waals surface area contributed by atoms with Gasteiger partial charge in [0.25, 0.3) is 11.6 Å². The number of nitro benzene ring substituents is 1. The fraction of sp³-hybridized carbons (Fsp3) is 0.167. The van der Waals surface area contributed by atoms with E-state index < -0.39 is 10.8 Å². The van der Waals surface area contributed by atoms with E-state index in [1.807, 2.05) is 0 Å². The molecule has 3 aromatic rings. The molecule has 0 bridgehead atoms. The van der Waals surface area contributed by atoms with Gasteiger partial charge < -0.3 is 14.8 Å². The van der Waals surface area contributed by atoms with Crippen molar-refractivity contribution in [3.8, 4) is 17.2 Å². The fourth-order valence-corrected chi connectivity index (χ4v) is 2.46. The van der Waals surface area contributed by atoms with Crippen molar-refractivity contribution in [2.24, 2.45) is 0 Å². The Morgan fingerprint density at radius 1 is 1.25 bits per heavy atom. The first-order valence-corrected chi connectivity index (χ1v) is 8.27. The summed E-state index contributed by atoms with van der Waals surface area (Å²) in [5.74, 6) is 0.838. The number of benzene rings is 2. The summed E-state index contributed by atoms with van der Waals surface area (Å²) in [6.45, 7) is 0.465. The zero-order valence-corrected chi connectivity index (χ0v) is 14.9. The standard InChI is InChI=1S/C18H17N5O5/c1-27-14-3-2-4-15(10-14)28-8-7-20-18(24)13-5-6-16(17(9-13)23(25)26)22-12-19-11-21-22/h2-6,9-12H,7-8H2,1H3,(H,20,24). The summed E-state index contributed by atoms with van der Waals surface area (Å²) in [7, 11) is 1.56. The highest BCUT2D eigenvalue weighted by Crippen LogP contribution is 2.23. The molecular formula is C18H17N5O5. The number of aromatic nitrogens is 3. The van der Waals surface area contributed by atoms with Crippen LogP contribution in [-0.2, 0) is 0 Å². The predicted molar refractivity (Wildman–Crippen MR) is 98.8 cm³/mol. The Bertz CT molecular complexity index is 974. The molecule has 0 spiro atoms. The van der Waals surface area contributed by atoms with E-state index >= 15 is 0 Å². The largest absolute Gasteiger partial charge is 0.497 e. The van der Waals surface area contributed by atoms with E-state index in [-0.39, 0.29) is 30.1 Å². The van der Waals surface area contributed by atoms with Crippen LogP contribution in [0.2, 0.25) is 0 Å². The first-order valence-electron chi connectivity index (χ1n) is 8.27. The third-order valence-electron chi connectivity index (χ3n) is 3.80. The molecule has 0 atom stereocenters. The molecule has 0 saturated heterocycles. The molecule has 0 aliphatic heterocycles. The Kier molecular flexibility index (Phi) is 5.80. The van der Waals surface area contributed by atoms with Gasteiger partial charge in [-0.05, 0) is 24.3 Å². The highest BCUT2D eigenvalue weighted by atomic mass is 16.6. The Hall–Kier alpha value is -3.95. The van der Waals surface area contributed by atoms with Crippen molar-refractivity contribution in [2.45, 2.75) is 0 Å². The van der Waals surface area contributed by atoms with Crippen LogP contribution < -0.4 is 14.8 Å². The second-order valence-corrected chi connectivity index (χ2v) is 5.58. The van der Waals surface area contributed by atoms with Crippen LogP contribution in [0.25, 0.3) is 5.69 Å². The molecule has 0 unspecified atom stereocenters. The summed E-state index contributed by atoms with van der Waals surface area (Å²) >= 11 is 0. The van der Waals surface area contributed by atoms with E-state index in [0.717, 1.165) is 0 Å². The van der Waals surface area contributed by atoms with E-state index in [2.05, 4.69) is 15.4 Å². The van der Waals surface area contributed by atoms with Crippen molar-refractivity contribution in [3.05, 3.63) is 70.8 Å². The molecule has 3 rings (SSSR count). The second-order valence-electron chi connectivity index (χ2n) is 5.58. The lowest BCUT2D eigenvalue weighted by Crippen LogP contribution is -2.28. The average molecular weight is 383 g/mol. The molecule has 10 heteroatoms. The highest BCUT2D eigenvalue weighted by molar-refractivity contribution is 5.95. The smallest absolute Gasteiger partial charge is 0.295 e. The molecule has 1 aromatic heterocycles. The number of nitrogens with one attached hydrogen (secondary N) is 1. The normalized spacial score (nSPS) is 10.3. The van der Waals surface area contributed by atoms with E-state index in [1.165, 1.54) is 35.5 Å². The zero-order valence-electron chi connectivity index (χ0n) is 14.9. The number of ether oxygens (including phenoxy) is 2. The van der Waals surface area contributed by atoms with E-state index in [4.69, 9.17) is 9.47 Å². The lowest BCUT2D eigenvalue weighted by Gasteiger charge is -2.09. The maximum absolute atomic E-state index is 12.3. The van der Waals surface area contributed by atoms with Crippen LogP contribution in [-0.4, -0.2) is 45.9 Å². The molecule has 28 heavy (non-hydrogen) atoms. The van der Waals surface area contributed by atoms with Crippen LogP contribution in [0.5, 0.6) is 11.5 Å². The molecule has 1 heterocycles. The van der Waals surface area contributed by atoms with Crippen LogP contribution in [0.4, 0.5) is 5.69 Å². The van der Waals surface area contributed by atoms with E-state index in [1.54, 1.807) is 31.4 Å². The summed E-state index contributed by atoms with van der Waals surface area (Å²) in [6, 6.07) is 11.2. The van der Waals surface area contributed by atoms with Gasteiger partial charge in [0, 0.05) is 17.7 Å². The van der Waals surface area contributed by atoms with Crippen molar-refractivity contribution in [2.75, 3.05) is 20.3 Å². The minimum atomic E-state index is -0.570. The van der Waals surface area contributed by atoms with E-state index in [9.17, 15) is 14.9 Å². The van der Waals surface area contributed by atoms with Gasteiger partial charge in [-0.1, -0.05) is 6.07 Å². The van der Waals surface area contributed by atoms with Crippen LogP contribution >= 0.6 is 0 Å². The number of nitrogens with zero attached hydrogens (tertiary/aromatic N) is 4. The maximum Gasteiger partial charge on any atom is 0.295 e. The molecule has 0 saturated carbocycles. The van der Waals surface area contributed by atoms with Gasteiger partial charge in [-0.2, -0.15) is 5.10 Å². The Morgan fingerprint density at radius 2 is 2.07 bits per heavy atom. The van der Waals surface area contributed by atoms with Crippen LogP contribution in [0.3, 0.4) is 0 Å². The average Bonchev–Trinajstić information content (AvgIpc) is 3.25. The number of nitro groups is 1. The quantitative estimate of drug-likeness (QED) is 0.359. The lowest BCUT2D eigenvalue weighted by molar-refractivity contribution is -0.384. The van der Waals surface area contributed by atoms with Gasteiger partial charge in [0.15, 0.2) is 0 Å². The number of hydrogen-bond acceptors (Lipinski definition) is 7. The number of carbonyl (C=O) groups is 1. The summed E-state index contributed by atoms with van der Waals surface area (Å²) in [4.78, 5) is 26.8. The van der Waals surface area contributed by atoms with Gasteiger partial charge in [0.05, 0.1) is 18.6 Å². The van der Waals surface area contributed by atoms with Gasteiger partial charge in [-0.25, -0.2) is 9.67 Å². The van der Waals surface area contributed by atoms with Crippen molar-refractivity contribution < 1.29 is 19.2 Å².